The number of amides is 1. The van der Waals surface area contributed by atoms with Gasteiger partial charge in [0.25, 0.3) is 11.5 Å². The van der Waals surface area contributed by atoms with Gasteiger partial charge in [0.1, 0.15) is 5.69 Å². The smallest absolute Gasteiger partial charge is 0.271 e. The minimum absolute atomic E-state index is 0.103. The van der Waals surface area contributed by atoms with Gasteiger partial charge in [0.05, 0.1) is 13.2 Å². The van der Waals surface area contributed by atoms with Crippen LogP contribution in [0.1, 0.15) is 17.4 Å². The summed E-state index contributed by atoms with van der Waals surface area (Å²) in [4.78, 5) is 26.1. The maximum atomic E-state index is 12.3. The number of benzene rings is 1. The normalized spacial score (nSPS) is 11.8. The molecule has 0 bridgehead atoms. The first-order chi connectivity index (χ1) is 12.0. The van der Waals surface area contributed by atoms with Gasteiger partial charge in [0.15, 0.2) is 0 Å². The first kappa shape index (κ1) is 18.7. The van der Waals surface area contributed by atoms with E-state index in [1.165, 1.54) is 16.8 Å². The van der Waals surface area contributed by atoms with Crippen LogP contribution in [0.4, 0.5) is 5.69 Å². The van der Waals surface area contributed by atoms with Crippen LogP contribution in [0.3, 0.4) is 0 Å². The molecule has 2 aromatic rings. The Bertz CT molecular complexity index is 745. The first-order valence-corrected chi connectivity index (χ1v) is 8.16. The minimum atomic E-state index is -0.306. The van der Waals surface area contributed by atoms with Crippen molar-refractivity contribution in [1.29, 1.82) is 0 Å². The summed E-state index contributed by atoms with van der Waals surface area (Å²) in [6.45, 7) is 3.16. The lowest BCUT2D eigenvalue weighted by Gasteiger charge is -2.27. The van der Waals surface area contributed by atoms with Crippen LogP contribution in [0.25, 0.3) is 0 Å². The molecule has 1 atom stereocenters. The van der Waals surface area contributed by atoms with E-state index in [2.05, 4.69) is 15.3 Å². The fourth-order valence-corrected chi connectivity index (χ4v) is 2.29. The number of carbonyl (C=O) groups excluding carboxylic acids is 1. The maximum absolute atomic E-state index is 12.3. The van der Waals surface area contributed by atoms with Gasteiger partial charge in [0.2, 0.25) is 0 Å². The van der Waals surface area contributed by atoms with Crippen molar-refractivity contribution in [3.63, 3.8) is 0 Å². The molecule has 7 heteroatoms. The van der Waals surface area contributed by atoms with E-state index in [1.807, 2.05) is 44.3 Å². The number of carbonyl (C=O) groups is 1. The summed E-state index contributed by atoms with van der Waals surface area (Å²) in [6.07, 6.45) is 0. The first-order valence-electron chi connectivity index (χ1n) is 8.16. The Kier molecular flexibility index (Phi) is 6.71. The second-order valence-electron chi connectivity index (χ2n) is 5.78. The molecule has 134 valence electrons. The molecule has 7 nitrogen and oxygen atoms in total. The number of hydrogen-bond acceptors (Lipinski definition) is 5. The van der Waals surface area contributed by atoms with E-state index in [1.54, 1.807) is 7.11 Å². The summed E-state index contributed by atoms with van der Waals surface area (Å²) in [6, 6.07) is 12.8. The summed E-state index contributed by atoms with van der Waals surface area (Å²) in [7, 11) is 3.53. The molecule has 1 aromatic carbocycles. The van der Waals surface area contributed by atoms with Crippen molar-refractivity contribution in [1.82, 2.24) is 15.1 Å². The van der Waals surface area contributed by atoms with Crippen LogP contribution in [0, 0.1) is 0 Å². The van der Waals surface area contributed by atoms with E-state index in [4.69, 9.17) is 4.74 Å². The molecule has 0 saturated carbocycles. The second-order valence-corrected chi connectivity index (χ2v) is 5.78. The zero-order valence-corrected chi connectivity index (χ0v) is 14.8. The highest BCUT2D eigenvalue weighted by molar-refractivity contribution is 5.92. The molecule has 0 unspecified atom stereocenters. The highest BCUT2D eigenvalue weighted by Gasteiger charge is 2.14. The Balaban J connectivity index is 1.96. The van der Waals surface area contributed by atoms with Crippen molar-refractivity contribution in [2.75, 3.05) is 32.2 Å². The topological polar surface area (TPSA) is 76.5 Å². The van der Waals surface area contributed by atoms with Gasteiger partial charge in [-0.25, -0.2) is 4.68 Å². The predicted octanol–water partition coefficient (Wildman–Crippen LogP) is 1.14. The van der Waals surface area contributed by atoms with E-state index in [-0.39, 0.29) is 23.2 Å². The Labute approximate surface area is 147 Å². The Morgan fingerprint density at radius 3 is 2.68 bits per heavy atom. The van der Waals surface area contributed by atoms with Crippen LogP contribution in [0.2, 0.25) is 0 Å². The molecule has 1 aromatic heterocycles. The van der Waals surface area contributed by atoms with Gasteiger partial charge in [-0.2, -0.15) is 5.10 Å². The number of nitrogens with zero attached hydrogens (tertiary/aromatic N) is 3. The van der Waals surface area contributed by atoms with Gasteiger partial charge in [-0.1, -0.05) is 18.2 Å². The van der Waals surface area contributed by atoms with E-state index < -0.39 is 0 Å². The van der Waals surface area contributed by atoms with E-state index in [0.717, 1.165) is 5.69 Å². The lowest BCUT2D eigenvalue weighted by Crippen LogP contribution is -2.41. The molecule has 1 N–H and O–H groups in total. The molecule has 25 heavy (non-hydrogen) atoms. The number of rotatable bonds is 8. The molecule has 1 heterocycles. The van der Waals surface area contributed by atoms with Crippen LogP contribution in [0.5, 0.6) is 0 Å². The summed E-state index contributed by atoms with van der Waals surface area (Å²) in [5.41, 5.74) is 1.03. The van der Waals surface area contributed by atoms with Gasteiger partial charge < -0.3 is 15.0 Å². The van der Waals surface area contributed by atoms with Crippen molar-refractivity contribution >= 4 is 11.6 Å². The second kappa shape index (κ2) is 8.98. The monoisotopic (exact) mass is 344 g/mol. The number of nitrogens with one attached hydrogen (secondary N) is 1. The summed E-state index contributed by atoms with van der Waals surface area (Å²) >= 11 is 0. The van der Waals surface area contributed by atoms with Crippen LogP contribution >= 0.6 is 0 Å². The molecule has 0 aliphatic heterocycles. The number of para-hydroxylation sites is 1. The molecule has 0 saturated heterocycles. The van der Waals surface area contributed by atoms with Gasteiger partial charge in [-0.05, 0) is 25.1 Å². The number of hydrogen-bond donors (Lipinski definition) is 1. The number of methoxy groups -OCH3 is 1. The summed E-state index contributed by atoms with van der Waals surface area (Å²) < 4.78 is 6.18. The fourth-order valence-electron chi connectivity index (χ4n) is 2.29. The predicted molar refractivity (Wildman–Crippen MR) is 97.0 cm³/mol. The lowest BCUT2D eigenvalue weighted by atomic mass is 10.2. The standard InChI is InChI=1S/C18H24N4O3/c1-14(21(2)15-7-5-4-6-8-15)13-19-18(24)16-9-10-17(23)22(20-16)11-12-25-3/h4-10,14H,11-13H2,1-3H3,(H,19,24)/t14-/m0/s1. The van der Waals surface area contributed by atoms with Gasteiger partial charge in [-0.3, -0.25) is 9.59 Å². The van der Waals surface area contributed by atoms with Crippen molar-refractivity contribution < 1.29 is 9.53 Å². The fraction of sp³-hybridized carbons (Fsp3) is 0.389. The largest absolute Gasteiger partial charge is 0.383 e. The van der Waals surface area contributed by atoms with Crippen molar-refractivity contribution in [3.05, 3.63) is 58.5 Å². The highest BCUT2D eigenvalue weighted by atomic mass is 16.5. The van der Waals surface area contributed by atoms with E-state index in [0.29, 0.717) is 19.7 Å². The molecular weight excluding hydrogens is 320 g/mol. The molecule has 2 rings (SSSR count). The molecule has 1 amide bonds. The lowest BCUT2D eigenvalue weighted by molar-refractivity contribution is 0.0943. The minimum Gasteiger partial charge on any atom is -0.383 e. The number of anilines is 1. The third-order valence-electron chi connectivity index (χ3n) is 3.99. The number of likely N-dealkylation sites (N-methyl/N-ethyl adjacent to an activating group) is 1. The van der Waals surface area contributed by atoms with Gasteiger partial charge in [-0.15, -0.1) is 0 Å². The Morgan fingerprint density at radius 2 is 2.00 bits per heavy atom. The third-order valence-corrected chi connectivity index (χ3v) is 3.99. The average Bonchev–Trinajstić information content (AvgIpc) is 2.65. The summed E-state index contributed by atoms with van der Waals surface area (Å²) in [5, 5.41) is 6.95. The molecule has 0 aliphatic rings. The Morgan fingerprint density at radius 1 is 1.28 bits per heavy atom. The molecule has 0 radical (unpaired) electrons. The molecule has 0 aliphatic carbocycles. The van der Waals surface area contributed by atoms with Crippen LogP contribution in [-0.4, -0.2) is 49.0 Å². The average molecular weight is 344 g/mol. The van der Waals surface area contributed by atoms with Crippen molar-refractivity contribution in [2.24, 2.45) is 0 Å². The zero-order valence-electron chi connectivity index (χ0n) is 14.8. The Hall–Kier alpha value is -2.67. The number of aromatic nitrogens is 2. The third kappa shape index (κ3) is 5.15. The van der Waals surface area contributed by atoms with Gasteiger partial charge in [0, 0.05) is 38.5 Å². The van der Waals surface area contributed by atoms with E-state index in [9.17, 15) is 9.59 Å². The zero-order chi connectivity index (χ0) is 18.2. The SMILES string of the molecule is COCCn1nc(C(=O)NC[C@H](C)N(C)c2ccccc2)ccc1=O. The summed E-state index contributed by atoms with van der Waals surface area (Å²) in [5.74, 6) is -0.306. The van der Waals surface area contributed by atoms with Crippen LogP contribution in [-0.2, 0) is 11.3 Å². The van der Waals surface area contributed by atoms with Crippen molar-refractivity contribution in [3.8, 4) is 0 Å². The molecular formula is C18H24N4O3. The van der Waals surface area contributed by atoms with Gasteiger partial charge >= 0.3 is 0 Å². The van der Waals surface area contributed by atoms with Crippen LogP contribution < -0.4 is 15.8 Å². The quantitative estimate of drug-likeness (QED) is 0.777. The maximum Gasteiger partial charge on any atom is 0.271 e. The van der Waals surface area contributed by atoms with E-state index >= 15 is 0 Å². The number of ether oxygens (including phenoxy) is 1. The molecule has 0 fully saturated rings. The highest BCUT2D eigenvalue weighted by Crippen LogP contribution is 2.13. The van der Waals surface area contributed by atoms with Crippen molar-refractivity contribution in [2.45, 2.75) is 19.5 Å². The van der Waals surface area contributed by atoms with Crippen LogP contribution in [0.15, 0.2) is 47.3 Å². The molecule has 0 spiro atoms.